The summed E-state index contributed by atoms with van der Waals surface area (Å²) in [5.41, 5.74) is 0. The van der Waals surface area contributed by atoms with E-state index in [1.165, 1.54) is 33.1 Å². The summed E-state index contributed by atoms with van der Waals surface area (Å²) < 4.78 is 9.97. The SMILES string of the molecule is CCCCC/C=C\CCC(COC(C)=O)OC(C)=O. The van der Waals surface area contributed by atoms with Crippen LogP contribution in [0, 0.1) is 0 Å². The van der Waals surface area contributed by atoms with Gasteiger partial charge in [-0.05, 0) is 25.7 Å². The lowest BCUT2D eigenvalue weighted by molar-refractivity contribution is -0.156. The van der Waals surface area contributed by atoms with Crippen molar-refractivity contribution in [1.29, 1.82) is 0 Å². The first-order valence-electron chi connectivity index (χ1n) is 7.01. The number of ether oxygens (including phenoxy) is 2. The van der Waals surface area contributed by atoms with Crippen molar-refractivity contribution in [3.05, 3.63) is 12.2 Å². The number of unbranched alkanes of at least 4 members (excludes halogenated alkanes) is 3. The Kier molecular flexibility index (Phi) is 10.9. The molecule has 110 valence electrons. The predicted octanol–water partition coefficient (Wildman–Crippen LogP) is 3.40. The lowest BCUT2D eigenvalue weighted by Gasteiger charge is -2.15. The molecule has 0 bridgehead atoms. The number of carbonyl (C=O) groups excluding carboxylic acids is 2. The zero-order chi connectivity index (χ0) is 14.5. The number of hydrogen-bond acceptors (Lipinski definition) is 4. The van der Waals surface area contributed by atoms with Crippen molar-refractivity contribution in [2.45, 2.75) is 65.4 Å². The molecule has 0 aromatic rings. The molecule has 0 N–H and O–H groups in total. The van der Waals surface area contributed by atoms with Crippen molar-refractivity contribution < 1.29 is 19.1 Å². The molecule has 0 aromatic heterocycles. The first-order chi connectivity index (χ1) is 9.06. The van der Waals surface area contributed by atoms with Crippen LogP contribution < -0.4 is 0 Å². The molecule has 0 aliphatic heterocycles. The van der Waals surface area contributed by atoms with Crippen molar-refractivity contribution in [3.63, 3.8) is 0 Å². The van der Waals surface area contributed by atoms with Gasteiger partial charge in [-0.1, -0.05) is 31.9 Å². The fourth-order valence-electron chi connectivity index (χ4n) is 1.65. The molecule has 0 saturated heterocycles. The van der Waals surface area contributed by atoms with Crippen molar-refractivity contribution in [1.82, 2.24) is 0 Å². The zero-order valence-electron chi connectivity index (χ0n) is 12.3. The van der Waals surface area contributed by atoms with Crippen LogP contribution in [-0.2, 0) is 19.1 Å². The molecule has 1 atom stereocenters. The molecule has 4 nitrogen and oxygen atoms in total. The highest BCUT2D eigenvalue weighted by atomic mass is 16.6. The largest absolute Gasteiger partial charge is 0.462 e. The normalized spacial score (nSPS) is 12.4. The van der Waals surface area contributed by atoms with Crippen molar-refractivity contribution in [2.24, 2.45) is 0 Å². The second-order valence-corrected chi connectivity index (χ2v) is 4.58. The van der Waals surface area contributed by atoms with Crippen LogP contribution in [0.2, 0.25) is 0 Å². The van der Waals surface area contributed by atoms with E-state index >= 15 is 0 Å². The van der Waals surface area contributed by atoms with Crippen molar-refractivity contribution in [3.8, 4) is 0 Å². The van der Waals surface area contributed by atoms with Crippen LogP contribution in [0.5, 0.6) is 0 Å². The van der Waals surface area contributed by atoms with Gasteiger partial charge < -0.3 is 9.47 Å². The van der Waals surface area contributed by atoms with Gasteiger partial charge in [0.25, 0.3) is 0 Å². The molecule has 19 heavy (non-hydrogen) atoms. The van der Waals surface area contributed by atoms with Gasteiger partial charge in [0, 0.05) is 13.8 Å². The Hall–Kier alpha value is -1.32. The molecular weight excluding hydrogens is 244 g/mol. The molecular formula is C15H26O4. The topological polar surface area (TPSA) is 52.6 Å². The van der Waals surface area contributed by atoms with Gasteiger partial charge in [0.2, 0.25) is 0 Å². The van der Waals surface area contributed by atoms with E-state index in [4.69, 9.17) is 9.47 Å². The van der Waals surface area contributed by atoms with E-state index in [-0.39, 0.29) is 24.6 Å². The van der Waals surface area contributed by atoms with E-state index in [9.17, 15) is 9.59 Å². The van der Waals surface area contributed by atoms with Crippen LogP contribution in [0.25, 0.3) is 0 Å². The highest BCUT2D eigenvalue weighted by Crippen LogP contribution is 2.07. The van der Waals surface area contributed by atoms with Crippen LogP contribution >= 0.6 is 0 Å². The fraction of sp³-hybridized carbons (Fsp3) is 0.733. The van der Waals surface area contributed by atoms with E-state index in [1.807, 2.05) is 0 Å². The molecule has 4 heteroatoms. The number of hydrogen-bond donors (Lipinski definition) is 0. The van der Waals surface area contributed by atoms with E-state index in [0.29, 0.717) is 6.42 Å². The van der Waals surface area contributed by atoms with Crippen LogP contribution in [-0.4, -0.2) is 24.6 Å². The average molecular weight is 270 g/mol. The monoisotopic (exact) mass is 270 g/mol. The van der Waals surface area contributed by atoms with Gasteiger partial charge in [0.05, 0.1) is 0 Å². The maximum absolute atomic E-state index is 10.9. The predicted molar refractivity (Wildman–Crippen MR) is 74.7 cm³/mol. The summed E-state index contributed by atoms with van der Waals surface area (Å²) in [5.74, 6) is -0.698. The lowest BCUT2D eigenvalue weighted by Crippen LogP contribution is -2.23. The minimum Gasteiger partial charge on any atom is -0.462 e. The van der Waals surface area contributed by atoms with Crippen LogP contribution in [0.15, 0.2) is 12.2 Å². The molecule has 1 unspecified atom stereocenters. The summed E-state index contributed by atoms with van der Waals surface area (Å²) in [6.45, 7) is 5.03. The highest BCUT2D eigenvalue weighted by molar-refractivity contribution is 5.67. The molecule has 0 aliphatic rings. The number of allylic oxidation sites excluding steroid dienone is 2. The smallest absolute Gasteiger partial charge is 0.303 e. The molecule has 0 spiro atoms. The minimum absolute atomic E-state index is 0.137. The third kappa shape index (κ3) is 12.9. The Morgan fingerprint density at radius 2 is 1.74 bits per heavy atom. The van der Waals surface area contributed by atoms with E-state index in [1.54, 1.807) is 0 Å². The maximum atomic E-state index is 10.9. The van der Waals surface area contributed by atoms with Gasteiger partial charge >= 0.3 is 11.9 Å². The third-order valence-electron chi connectivity index (χ3n) is 2.60. The summed E-state index contributed by atoms with van der Waals surface area (Å²) in [4.78, 5) is 21.7. The Morgan fingerprint density at radius 3 is 2.32 bits per heavy atom. The molecule has 0 rings (SSSR count). The van der Waals surface area contributed by atoms with Gasteiger partial charge in [0.1, 0.15) is 12.7 Å². The highest BCUT2D eigenvalue weighted by Gasteiger charge is 2.12. The van der Waals surface area contributed by atoms with E-state index in [0.717, 1.165) is 12.8 Å². The van der Waals surface area contributed by atoms with Crippen LogP contribution in [0.1, 0.15) is 59.3 Å². The third-order valence-corrected chi connectivity index (χ3v) is 2.60. The molecule has 0 saturated carbocycles. The van der Waals surface area contributed by atoms with Gasteiger partial charge in [-0.15, -0.1) is 0 Å². The summed E-state index contributed by atoms with van der Waals surface area (Å²) in [6.07, 6.45) is 10.2. The summed E-state index contributed by atoms with van der Waals surface area (Å²) >= 11 is 0. The van der Waals surface area contributed by atoms with Gasteiger partial charge in [-0.25, -0.2) is 0 Å². The Labute approximate surface area is 116 Å². The van der Waals surface area contributed by atoms with Crippen LogP contribution in [0.3, 0.4) is 0 Å². The quantitative estimate of drug-likeness (QED) is 0.347. The van der Waals surface area contributed by atoms with Crippen molar-refractivity contribution in [2.75, 3.05) is 6.61 Å². The number of rotatable bonds is 10. The summed E-state index contributed by atoms with van der Waals surface area (Å²) in [6, 6.07) is 0. The molecule has 0 heterocycles. The molecule has 0 radical (unpaired) electrons. The Bertz CT molecular complexity index is 284. The Balaban J connectivity index is 3.84. The first kappa shape index (κ1) is 17.7. The van der Waals surface area contributed by atoms with Gasteiger partial charge in [0.15, 0.2) is 0 Å². The van der Waals surface area contributed by atoms with Crippen LogP contribution in [0.4, 0.5) is 0 Å². The fourth-order valence-corrected chi connectivity index (χ4v) is 1.65. The first-order valence-corrected chi connectivity index (χ1v) is 7.01. The molecule has 0 amide bonds. The standard InChI is InChI=1S/C15H26O4/c1-4-5-6-7-8-9-10-11-15(19-14(3)17)12-18-13(2)16/h8-9,15H,4-7,10-12H2,1-3H3/b9-8-. The lowest BCUT2D eigenvalue weighted by atomic mass is 10.1. The second kappa shape index (κ2) is 11.8. The van der Waals surface area contributed by atoms with Crippen molar-refractivity contribution >= 4 is 11.9 Å². The van der Waals surface area contributed by atoms with Gasteiger partial charge in [-0.3, -0.25) is 9.59 Å². The average Bonchev–Trinajstić information content (AvgIpc) is 2.33. The number of carbonyl (C=O) groups is 2. The van der Waals surface area contributed by atoms with E-state index < -0.39 is 0 Å². The summed E-state index contributed by atoms with van der Waals surface area (Å²) in [7, 11) is 0. The second-order valence-electron chi connectivity index (χ2n) is 4.58. The Morgan fingerprint density at radius 1 is 1.05 bits per heavy atom. The zero-order valence-corrected chi connectivity index (χ0v) is 12.3. The minimum atomic E-state index is -0.354. The van der Waals surface area contributed by atoms with E-state index in [2.05, 4.69) is 19.1 Å². The summed E-state index contributed by atoms with van der Waals surface area (Å²) in [5, 5.41) is 0. The molecule has 0 aromatic carbocycles. The van der Waals surface area contributed by atoms with Gasteiger partial charge in [-0.2, -0.15) is 0 Å². The maximum Gasteiger partial charge on any atom is 0.303 e. The molecule has 0 fully saturated rings. The number of esters is 2. The molecule has 0 aliphatic carbocycles.